The zero-order chi connectivity index (χ0) is 24.5. The third-order valence-electron chi connectivity index (χ3n) is 9.05. The minimum absolute atomic E-state index is 0.123. The Hall–Kier alpha value is -2.73. The Morgan fingerprint density at radius 3 is 2.20 bits per heavy atom. The molecule has 6 heteroatoms. The summed E-state index contributed by atoms with van der Waals surface area (Å²) in [6.07, 6.45) is 10.2. The lowest BCUT2D eigenvalue weighted by Crippen LogP contribution is -2.53. The summed E-state index contributed by atoms with van der Waals surface area (Å²) >= 11 is 5.15. The van der Waals surface area contributed by atoms with Crippen LogP contribution in [0.25, 0.3) is 11.8 Å². The number of hydrogen-bond acceptors (Lipinski definition) is 3. The summed E-state index contributed by atoms with van der Waals surface area (Å²) in [7, 11) is 0. The summed E-state index contributed by atoms with van der Waals surface area (Å²) in [5.41, 5.74) is 6.11. The third-order valence-corrected chi connectivity index (χ3v) is 9.37. The molecule has 0 spiro atoms. The standard InChI is InChI=1S/C29H33N3O2S/c1-4-31-27(34)25(26(33)30-28(31)35)13-22-9-17(2)32(18(22)3)24-7-5-23(6-8-24)29-14-19-10-20(15-29)12-21(11-19)16-29/h5-9,13,19-21H,4,10-12,14-16H2,1-3H3,(H,30,33,35)/b25-13+. The number of benzene rings is 1. The molecule has 5 fully saturated rings. The molecule has 1 saturated heterocycles. The van der Waals surface area contributed by atoms with Gasteiger partial charge in [-0.05, 0) is 130 Å². The van der Waals surface area contributed by atoms with Crippen LogP contribution in [0.2, 0.25) is 0 Å². The van der Waals surface area contributed by atoms with Gasteiger partial charge in [-0.2, -0.15) is 0 Å². The first-order chi connectivity index (χ1) is 16.8. The third kappa shape index (κ3) is 3.60. The van der Waals surface area contributed by atoms with E-state index >= 15 is 0 Å². The Labute approximate surface area is 212 Å². The van der Waals surface area contributed by atoms with Crippen molar-refractivity contribution >= 4 is 35.2 Å². The van der Waals surface area contributed by atoms with Crippen LogP contribution in [-0.2, 0) is 15.0 Å². The van der Waals surface area contributed by atoms with Crippen LogP contribution < -0.4 is 5.32 Å². The van der Waals surface area contributed by atoms with E-state index in [0.717, 1.165) is 40.4 Å². The van der Waals surface area contributed by atoms with E-state index in [1.807, 2.05) is 19.9 Å². The molecule has 4 saturated carbocycles. The van der Waals surface area contributed by atoms with Gasteiger partial charge in [0.15, 0.2) is 5.11 Å². The number of carbonyl (C=O) groups is 2. The highest BCUT2D eigenvalue weighted by molar-refractivity contribution is 7.80. The molecule has 35 heavy (non-hydrogen) atoms. The summed E-state index contributed by atoms with van der Waals surface area (Å²) in [4.78, 5) is 26.8. The van der Waals surface area contributed by atoms with E-state index in [-0.39, 0.29) is 16.6 Å². The van der Waals surface area contributed by atoms with Crippen molar-refractivity contribution in [1.29, 1.82) is 0 Å². The smallest absolute Gasteiger partial charge is 0.265 e. The van der Waals surface area contributed by atoms with Crippen molar-refractivity contribution in [2.24, 2.45) is 17.8 Å². The van der Waals surface area contributed by atoms with Gasteiger partial charge in [0.05, 0.1) is 0 Å². The number of nitrogens with zero attached hydrogens (tertiary/aromatic N) is 2. The number of thiocarbonyl (C=S) groups is 1. The largest absolute Gasteiger partial charge is 0.318 e. The van der Waals surface area contributed by atoms with Crippen LogP contribution >= 0.6 is 12.2 Å². The lowest BCUT2D eigenvalue weighted by molar-refractivity contribution is -0.128. The molecule has 4 bridgehead atoms. The molecule has 1 aromatic carbocycles. The summed E-state index contributed by atoms with van der Waals surface area (Å²) in [5.74, 6) is 2.02. The van der Waals surface area contributed by atoms with E-state index in [9.17, 15) is 9.59 Å². The lowest BCUT2D eigenvalue weighted by Gasteiger charge is -2.57. The van der Waals surface area contributed by atoms with Crippen LogP contribution in [0.5, 0.6) is 0 Å². The number of likely N-dealkylation sites (N-methyl/N-ethyl adjacent to an activating group) is 1. The molecule has 0 unspecified atom stereocenters. The Balaban J connectivity index is 1.31. The molecular formula is C29H33N3O2S. The molecule has 7 rings (SSSR count). The van der Waals surface area contributed by atoms with Gasteiger partial charge in [0.2, 0.25) is 0 Å². The van der Waals surface area contributed by atoms with Crippen LogP contribution in [0.3, 0.4) is 0 Å². The molecule has 5 aliphatic rings. The fourth-order valence-corrected chi connectivity index (χ4v) is 8.20. The van der Waals surface area contributed by atoms with Crippen molar-refractivity contribution in [3.05, 3.63) is 58.4 Å². The first-order valence-electron chi connectivity index (χ1n) is 13.0. The average Bonchev–Trinajstić information content (AvgIpc) is 3.08. The summed E-state index contributed by atoms with van der Waals surface area (Å²) < 4.78 is 2.21. The van der Waals surface area contributed by atoms with Crippen molar-refractivity contribution in [1.82, 2.24) is 14.8 Å². The second-order valence-electron chi connectivity index (χ2n) is 11.3. The van der Waals surface area contributed by atoms with Gasteiger partial charge in [-0.1, -0.05) is 12.1 Å². The number of amides is 2. The Morgan fingerprint density at radius 1 is 1.03 bits per heavy atom. The molecule has 1 aromatic heterocycles. The fourth-order valence-electron chi connectivity index (χ4n) is 7.90. The molecule has 1 aliphatic heterocycles. The molecule has 2 aromatic rings. The van der Waals surface area contributed by atoms with Crippen molar-refractivity contribution < 1.29 is 9.59 Å². The SMILES string of the molecule is CCN1C(=O)/C(=C/c2cc(C)n(-c3ccc(C45CC6CC(CC(C6)C4)C5)cc3)c2C)C(=O)NC1=S. The van der Waals surface area contributed by atoms with Gasteiger partial charge in [0.1, 0.15) is 5.57 Å². The number of rotatable bonds is 4. The highest BCUT2D eigenvalue weighted by atomic mass is 32.1. The lowest BCUT2D eigenvalue weighted by atomic mass is 9.48. The molecule has 2 heterocycles. The molecule has 0 radical (unpaired) electrons. The Bertz CT molecular complexity index is 1230. The van der Waals surface area contributed by atoms with Gasteiger partial charge in [0, 0.05) is 23.6 Å². The predicted octanol–water partition coefficient (Wildman–Crippen LogP) is 5.21. The molecule has 0 atom stereocenters. The van der Waals surface area contributed by atoms with Crippen LogP contribution in [0, 0.1) is 31.6 Å². The predicted molar refractivity (Wildman–Crippen MR) is 141 cm³/mol. The first-order valence-corrected chi connectivity index (χ1v) is 13.4. The van der Waals surface area contributed by atoms with E-state index in [4.69, 9.17) is 12.2 Å². The Morgan fingerprint density at radius 2 is 1.63 bits per heavy atom. The zero-order valence-corrected chi connectivity index (χ0v) is 21.6. The van der Waals surface area contributed by atoms with Gasteiger partial charge < -0.3 is 4.57 Å². The molecule has 5 nitrogen and oxygen atoms in total. The summed E-state index contributed by atoms with van der Waals surface area (Å²) in [5, 5.41) is 2.81. The molecular weight excluding hydrogens is 454 g/mol. The maximum atomic E-state index is 12.9. The maximum Gasteiger partial charge on any atom is 0.265 e. The van der Waals surface area contributed by atoms with Crippen LogP contribution in [-0.4, -0.2) is 32.9 Å². The van der Waals surface area contributed by atoms with E-state index in [1.54, 1.807) is 6.08 Å². The van der Waals surface area contributed by atoms with E-state index in [1.165, 1.54) is 49.0 Å². The van der Waals surface area contributed by atoms with Crippen LogP contribution in [0.1, 0.15) is 68.0 Å². The van der Waals surface area contributed by atoms with Crippen molar-refractivity contribution in [2.45, 2.75) is 64.7 Å². The highest BCUT2D eigenvalue weighted by Crippen LogP contribution is 2.60. The highest BCUT2D eigenvalue weighted by Gasteiger charge is 2.51. The Kier molecular flexibility index (Phi) is 5.29. The van der Waals surface area contributed by atoms with Gasteiger partial charge in [-0.3, -0.25) is 19.8 Å². The first kappa shape index (κ1) is 22.7. The molecule has 4 aliphatic carbocycles. The monoisotopic (exact) mass is 487 g/mol. The topological polar surface area (TPSA) is 54.3 Å². The van der Waals surface area contributed by atoms with Gasteiger partial charge >= 0.3 is 0 Å². The average molecular weight is 488 g/mol. The van der Waals surface area contributed by atoms with Gasteiger partial charge in [0.25, 0.3) is 11.8 Å². The zero-order valence-electron chi connectivity index (χ0n) is 20.8. The van der Waals surface area contributed by atoms with Crippen LogP contribution in [0.15, 0.2) is 35.9 Å². The van der Waals surface area contributed by atoms with E-state index in [0.29, 0.717) is 12.0 Å². The number of carbonyl (C=O) groups excluding carboxylic acids is 2. The maximum absolute atomic E-state index is 12.9. The van der Waals surface area contributed by atoms with Crippen molar-refractivity contribution in [3.8, 4) is 5.69 Å². The number of aryl methyl sites for hydroxylation is 1. The number of aromatic nitrogens is 1. The molecule has 182 valence electrons. The van der Waals surface area contributed by atoms with E-state index < -0.39 is 5.91 Å². The second kappa shape index (κ2) is 8.16. The molecule has 1 N–H and O–H groups in total. The minimum Gasteiger partial charge on any atom is -0.318 e. The number of nitrogens with one attached hydrogen (secondary N) is 1. The van der Waals surface area contributed by atoms with E-state index in [2.05, 4.69) is 41.1 Å². The number of hydrogen-bond donors (Lipinski definition) is 1. The fraction of sp³-hybridized carbons (Fsp3) is 0.483. The van der Waals surface area contributed by atoms with Crippen molar-refractivity contribution in [2.75, 3.05) is 6.54 Å². The normalized spacial score (nSPS) is 30.9. The van der Waals surface area contributed by atoms with Crippen molar-refractivity contribution in [3.63, 3.8) is 0 Å². The van der Waals surface area contributed by atoms with Gasteiger partial charge in [-0.15, -0.1) is 0 Å². The minimum atomic E-state index is -0.436. The quantitative estimate of drug-likeness (QED) is 0.366. The second-order valence-corrected chi connectivity index (χ2v) is 11.7. The molecule has 2 amide bonds. The van der Waals surface area contributed by atoms with Crippen LogP contribution in [0.4, 0.5) is 0 Å². The van der Waals surface area contributed by atoms with Gasteiger partial charge in [-0.25, -0.2) is 0 Å². The summed E-state index contributed by atoms with van der Waals surface area (Å²) in [6, 6.07) is 11.3. The summed E-state index contributed by atoms with van der Waals surface area (Å²) in [6.45, 7) is 6.38.